The van der Waals surface area contributed by atoms with Crippen LogP contribution in [-0.2, 0) is 4.79 Å². The van der Waals surface area contributed by atoms with E-state index in [4.69, 9.17) is 4.74 Å². The molecule has 0 saturated carbocycles. The number of halogens is 1. The van der Waals surface area contributed by atoms with E-state index in [0.717, 1.165) is 32.6 Å². The van der Waals surface area contributed by atoms with Crippen LogP contribution in [0.4, 0.5) is 5.69 Å². The summed E-state index contributed by atoms with van der Waals surface area (Å²) in [6, 6.07) is 12.2. The number of hydrogen-bond acceptors (Lipinski definition) is 2. The van der Waals surface area contributed by atoms with Crippen LogP contribution in [0.5, 0.6) is 5.75 Å². The minimum atomic E-state index is 0.00290. The standard InChI is InChI=1S/C19H23BrN2O2/c1-12-5-6-13(2)17(9-12)22-19(23)11-21-14(3)15-7-8-18(24-4)16(20)10-15/h5-10,14,21H,11H2,1-4H3,(H,22,23)/p+1/t14-/m1/s1. The summed E-state index contributed by atoms with van der Waals surface area (Å²) < 4.78 is 6.16. The summed E-state index contributed by atoms with van der Waals surface area (Å²) >= 11 is 3.50. The van der Waals surface area contributed by atoms with Gasteiger partial charge in [-0.05, 0) is 72.1 Å². The molecule has 0 aliphatic carbocycles. The quantitative estimate of drug-likeness (QED) is 0.793. The fourth-order valence-corrected chi connectivity index (χ4v) is 3.02. The van der Waals surface area contributed by atoms with Crippen LogP contribution in [0.2, 0.25) is 0 Å². The van der Waals surface area contributed by atoms with Crippen LogP contribution < -0.4 is 15.4 Å². The molecule has 0 aliphatic rings. The molecule has 24 heavy (non-hydrogen) atoms. The third kappa shape index (κ3) is 4.82. The maximum absolute atomic E-state index is 12.2. The Bertz CT molecular complexity index is 731. The second-order valence-electron chi connectivity index (χ2n) is 5.99. The SMILES string of the molecule is COc1ccc([C@@H](C)[NH2+]CC(=O)Nc2cc(C)ccc2C)cc1Br. The van der Waals surface area contributed by atoms with Crippen LogP contribution in [0.15, 0.2) is 40.9 Å². The number of anilines is 1. The fraction of sp³-hybridized carbons (Fsp3) is 0.316. The van der Waals surface area contributed by atoms with Gasteiger partial charge in [-0.2, -0.15) is 0 Å². The molecule has 4 nitrogen and oxygen atoms in total. The van der Waals surface area contributed by atoms with E-state index < -0.39 is 0 Å². The number of benzene rings is 2. The van der Waals surface area contributed by atoms with Crippen molar-refractivity contribution in [2.75, 3.05) is 19.0 Å². The minimum Gasteiger partial charge on any atom is -0.496 e. The van der Waals surface area contributed by atoms with Gasteiger partial charge in [0.05, 0.1) is 11.6 Å². The van der Waals surface area contributed by atoms with Gasteiger partial charge in [0, 0.05) is 11.3 Å². The maximum atomic E-state index is 12.2. The highest BCUT2D eigenvalue weighted by Gasteiger charge is 2.14. The van der Waals surface area contributed by atoms with E-state index in [1.165, 1.54) is 0 Å². The van der Waals surface area contributed by atoms with Crippen LogP contribution in [-0.4, -0.2) is 19.6 Å². The third-order valence-corrected chi connectivity index (χ3v) is 4.65. The number of nitrogens with two attached hydrogens (primary N) is 1. The first kappa shape index (κ1) is 18.5. The first-order chi connectivity index (χ1) is 11.4. The number of ether oxygens (including phenoxy) is 1. The van der Waals surface area contributed by atoms with E-state index in [-0.39, 0.29) is 11.9 Å². The van der Waals surface area contributed by atoms with Crippen molar-refractivity contribution in [3.05, 3.63) is 57.6 Å². The predicted octanol–water partition coefficient (Wildman–Crippen LogP) is 3.34. The molecular formula is C19H24BrN2O2+. The van der Waals surface area contributed by atoms with E-state index >= 15 is 0 Å². The zero-order valence-corrected chi connectivity index (χ0v) is 16.1. The largest absolute Gasteiger partial charge is 0.496 e. The summed E-state index contributed by atoms with van der Waals surface area (Å²) in [5, 5.41) is 5.01. The highest BCUT2D eigenvalue weighted by Crippen LogP contribution is 2.27. The molecule has 128 valence electrons. The number of amides is 1. The molecule has 0 radical (unpaired) electrons. The van der Waals surface area contributed by atoms with Crippen LogP contribution in [0.3, 0.4) is 0 Å². The summed E-state index contributed by atoms with van der Waals surface area (Å²) in [7, 11) is 1.65. The molecule has 1 atom stereocenters. The van der Waals surface area contributed by atoms with Gasteiger partial charge in [0.25, 0.3) is 5.91 Å². The molecule has 1 amide bonds. The van der Waals surface area contributed by atoms with Gasteiger partial charge in [0.1, 0.15) is 11.8 Å². The van der Waals surface area contributed by atoms with Gasteiger partial charge in [-0.1, -0.05) is 12.1 Å². The molecule has 0 fully saturated rings. The molecule has 0 aliphatic heterocycles. The number of carbonyl (C=O) groups is 1. The van der Waals surface area contributed by atoms with Crippen molar-refractivity contribution in [2.24, 2.45) is 0 Å². The van der Waals surface area contributed by atoms with E-state index in [0.29, 0.717) is 6.54 Å². The molecule has 2 aromatic rings. The molecule has 0 bridgehead atoms. The van der Waals surface area contributed by atoms with Crippen molar-refractivity contribution in [3.63, 3.8) is 0 Å². The normalized spacial score (nSPS) is 11.9. The molecule has 0 saturated heterocycles. The lowest BCUT2D eigenvalue weighted by atomic mass is 10.1. The topological polar surface area (TPSA) is 54.9 Å². The first-order valence-corrected chi connectivity index (χ1v) is 8.74. The minimum absolute atomic E-state index is 0.00290. The van der Waals surface area contributed by atoms with Crippen molar-refractivity contribution in [1.29, 1.82) is 0 Å². The van der Waals surface area contributed by atoms with Crippen molar-refractivity contribution < 1.29 is 14.8 Å². The van der Waals surface area contributed by atoms with E-state index in [1.54, 1.807) is 7.11 Å². The van der Waals surface area contributed by atoms with Crippen LogP contribution in [0.1, 0.15) is 29.7 Å². The van der Waals surface area contributed by atoms with Crippen LogP contribution in [0, 0.1) is 13.8 Å². The number of nitrogens with one attached hydrogen (secondary N) is 1. The second kappa shape index (κ2) is 8.31. The Hall–Kier alpha value is -1.85. The lowest BCUT2D eigenvalue weighted by Gasteiger charge is -2.13. The Labute approximate surface area is 151 Å². The van der Waals surface area contributed by atoms with Crippen molar-refractivity contribution >= 4 is 27.5 Å². The van der Waals surface area contributed by atoms with E-state index in [1.807, 2.05) is 55.6 Å². The lowest BCUT2D eigenvalue weighted by Crippen LogP contribution is -2.86. The van der Waals surface area contributed by atoms with Crippen LogP contribution >= 0.6 is 15.9 Å². The summed E-state index contributed by atoms with van der Waals surface area (Å²) in [4.78, 5) is 12.2. The number of quaternary nitrogens is 1. The summed E-state index contributed by atoms with van der Waals surface area (Å²) in [5.41, 5.74) is 4.23. The second-order valence-corrected chi connectivity index (χ2v) is 6.84. The number of carbonyl (C=O) groups excluding carboxylic acids is 1. The summed E-state index contributed by atoms with van der Waals surface area (Å²) in [5.74, 6) is 0.807. The summed E-state index contributed by atoms with van der Waals surface area (Å²) in [6.07, 6.45) is 0. The molecule has 0 heterocycles. The smallest absolute Gasteiger partial charge is 0.279 e. The molecule has 2 rings (SSSR count). The first-order valence-electron chi connectivity index (χ1n) is 7.94. The molecule has 0 spiro atoms. The average molecular weight is 392 g/mol. The molecule has 0 aromatic heterocycles. The van der Waals surface area contributed by atoms with Gasteiger partial charge in [-0.3, -0.25) is 4.79 Å². The Morgan fingerprint density at radius 2 is 2.00 bits per heavy atom. The van der Waals surface area contributed by atoms with Crippen LogP contribution in [0.25, 0.3) is 0 Å². The molecule has 0 unspecified atom stereocenters. The Morgan fingerprint density at radius 1 is 1.25 bits per heavy atom. The number of rotatable bonds is 6. The Kier molecular flexibility index (Phi) is 6.40. The fourth-order valence-electron chi connectivity index (χ4n) is 2.46. The Balaban J connectivity index is 1.93. The van der Waals surface area contributed by atoms with Gasteiger partial charge in [0.2, 0.25) is 0 Å². The highest BCUT2D eigenvalue weighted by molar-refractivity contribution is 9.10. The highest BCUT2D eigenvalue weighted by atomic mass is 79.9. The zero-order valence-electron chi connectivity index (χ0n) is 14.5. The van der Waals surface area contributed by atoms with E-state index in [2.05, 4.69) is 28.2 Å². The number of methoxy groups -OCH3 is 1. The van der Waals surface area contributed by atoms with Gasteiger partial charge in [-0.15, -0.1) is 0 Å². The monoisotopic (exact) mass is 391 g/mol. The van der Waals surface area contributed by atoms with Crippen molar-refractivity contribution in [1.82, 2.24) is 0 Å². The molecule has 5 heteroatoms. The Morgan fingerprint density at radius 3 is 2.67 bits per heavy atom. The van der Waals surface area contributed by atoms with Gasteiger partial charge in [0.15, 0.2) is 6.54 Å². The average Bonchev–Trinajstić information content (AvgIpc) is 2.56. The van der Waals surface area contributed by atoms with E-state index in [9.17, 15) is 4.79 Å². The number of aryl methyl sites for hydroxylation is 2. The predicted molar refractivity (Wildman–Crippen MR) is 100 cm³/mol. The molecule has 3 N–H and O–H groups in total. The maximum Gasteiger partial charge on any atom is 0.279 e. The lowest BCUT2D eigenvalue weighted by molar-refractivity contribution is -0.682. The molecule has 2 aromatic carbocycles. The zero-order chi connectivity index (χ0) is 17.7. The third-order valence-electron chi connectivity index (χ3n) is 4.03. The van der Waals surface area contributed by atoms with Crippen molar-refractivity contribution in [2.45, 2.75) is 26.8 Å². The van der Waals surface area contributed by atoms with Gasteiger partial charge >= 0.3 is 0 Å². The van der Waals surface area contributed by atoms with Gasteiger partial charge in [-0.25, -0.2) is 0 Å². The van der Waals surface area contributed by atoms with Crippen molar-refractivity contribution in [3.8, 4) is 5.75 Å². The van der Waals surface area contributed by atoms with Gasteiger partial charge < -0.3 is 15.4 Å². The number of hydrogen-bond donors (Lipinski definition) is 2. The molecular weight excluding hydrogens is 368 g/mol. The summed E-state index contributed by atoms with van der Waals surface area (Å²) in [6.45, 7) is 6.47.